The first-order valence-corrected chi connectivity index (χ1v) is 4.85. The molecule has 0 aromatic carbocycles. The number of ether oxygens (including phenoxy) is 1. The first-order chi connectivity index (χ1) is 6.87. The van der Waals surface area contributed by atoms with Crippen molar-refractivity contribution in [2.45, 2.75) is 44.8 Å². The molecule has 0 aliphatic heterocycles. The molecule has 6 heteroatoms. The van der Waals surface area contributed by atoms with Crippen molar-refractivity contribution < 1.29 is 22.7 Å². The van der Waals surface area contributed by atoms with Crippen molar-refractivity contribution in [2.24, 2.45) is 5.73 Å². The summed E-state index contributed by atoms with van der Waals surface area (Å²) in [7, 11) is 0. The summed E-state index contributed by atoms with van der Waals surface area (Å²) in [5, 5.41) is 0. The summed E-state index contributed by atoms with van der Waals surface area (Å²) >= 11 is 0. The molecule has 0 fully saturated rings. The van der Waals surface area contributed by atoms with Gasteiger partial charge in [0.15, 0.2) is 0 Å². The Morgan fingerprint density at radius 2 is 2.00 bits per heavy atom. The first kappa shape index (κ1) is 14.2. The van der Waals surface area contributed by atoms with Crippen molar-refractivity contribution in [3.63, 3.8) is 0 Å². The average molecular weight is 227 g/mol. The molecule has 90 valence electrons. The van der Waals surface area contributed by atoms with Gasteiger partial charge in [0.25, 0.3) is 0 Å². The van der Waals surface area contributed by atoms with Crippen LogP contribution in [0.15, 0.2) is 0 Å². The van der Waals surface area contributed by atoms with Gasteiger partial charge >= 0.3 is 12.1 Å². The van der Waals surface area contributed by atoms with Gasteiger partial charge < -0.3 is 10.5 Å². The standard InChI is InChI=1S/C9H16F3NO2/c1-2-15-8(14)7(13)5-3-4-6-9(10,11)12/h7H,2-6,13H2,1H3. The third-order valence-electron chi connectivity index (χ3n) is 1.81. The Balaban J connectivity index is 3.55. The highest BCUT2D eigenvalue weighted by Crippen LogP contribution is 2.22. The minimum absolute atomic E-state index is 0.00337. The van der Waals surface area contributed by atoms with E-state index in [4.69, 9.17) is 5.73 Å². The number of hydrogen-bond donors (Lipinski definition) is 1. The van der Waals surface area contributed by atoms with Crippen LogP contribution >= 0.6 is 0 Å². The van der Waals surface area contributed by atoms with E-state index in [9.17, 15) is 18.0 Å². The topological polar surface area (TPSA) is 52.3 Å². The van der Waals surface area contributed by atoms with Crippen molar-refractivity contribution in [3.8, 4) is 0 Å². The summed E-state index contributed by atoms with van der Waals surface area (Å²) < 4.78 is 39.8. The van der Waals surface area contributed by atoms with E-state index in [0.717, 1.165) is 0 Å². The molecule has 0 aliphatic rings. The van der Waals surface area contributed by atoms with Crippen LogP contribution in [0.1, 0.15) is 32.6 Å². The Kier molecular flexibility index (Phi) is 6.31. The van der Waals surface area contributed by atoms with Crippen LogP contribution in [0.2, 0.25) is 0 Å². The highest BCUT2D eigenvalue weighted by molar-refractivity contribution is 5.75. The largest absolute Gasteiger partial charge is 0.465 e. The summed E-state index contributed by atoms with van der Waals surface area (Å²) in [6.07, 6.45) is -4.46. The zero-order valence-corrected chi connectivity index (χ0v) is 8.64. The molecule has 2 N–H and O–H groups in total. The second-order valence-electron chi connectivity index (χ2n) is 3.22. The molecule has 15 heavy (non-hydrogen) atoms. The van der Waals surface area contributed by atoms with Gasteiger partial charge in [-0.05, 0) is 19.8 Å². The normalized spacial score (nSPS) is 13.7. The number of alkyl halides is 3. The van der Waals surface area contributed by atoms with E-state index in [1.165, 1.54) is 0 Å². The van der Waals surface area contributed by atoms with E-state index >= 15 is 0 Å². The number of esters is 1. The lowest BCUT2D eigenvalue weighted by Crippen LogP contribution is -2.32. The van der Waals surface area contributed by atoms with Gasteiger partial charge in [0.2, 0.25) is 0 Å². The SMILES string of the molecule is CCOC(=O)C(N)CCCCC(F)(F)F. The van der Waals surface area contributed by atoms with E-state index in [2.05, 4.69) is 4.74 Å². The Labute approximate surface area is 86.8 Å². The molecule has 0 spiro atoms. The van der Waals surface area contributed by atoms with E-state index < -0.39 is 24.6 Å². The molecular weight excluding hydrogens is 211 g/mol. The van der Waals surface area contributed by atoms with Crippen LogP contribution in [-0.2, 0) is 9.53 Å². The van der Waals surface area contributed by atoms with Gasteiger partial charge in [-0.25, -0.2) is 0 Å². The molecule has 1 unspecified atom stereocenters. The molecule has 0 saturated carbocycles. The monoisotopic (exact) mass is 227 g/mol. The predicted octanol–water partition coefficient (Wildman–Crippen LogP) is 2.00. The third-order valence-corrected chi connectivity index (χ3v) is 1.81. The molecule has 0 rings (SSSR count). The molecular formula is C9H16F3NO2. The Morgan fingerprint density at radius 1 is 1.40 bits per heavy atom. The Hall–Kier alpha value is -0.780. The van der Waals surface area contributed by atoms with Gasteiger partial charge in [-0.3, -0.25) is 4.79 Å². The molecule has 0 aromatic heterocycles. The summed E-state index contributed by atoms with van der Waals surface area (Å²) in [5.74, 6) is -0.551. The van der Waals surface area contributed by atoms with Crippen LogP contribution in [0.5, 0.6) is 0 Å². The van der Waals surface area contributed by atoms with Crippen LogP contribution in [0.3, 0.4) is 0 Å². The van der Waals surface area contributed by atoms with Crippen LogP contribution in [0, 0.1) is 0 Å². The van der Waals surface area contributed by atoms with E-state index in [-0.39, 0.29) is 25.9 Å². The number of rotatable bonds is 6. The van der Waals surface area contributed by atoms with Gasteiger partial charge in [-0.15, -0.1) is 0 Å². The fourth-order valence-corrected chi connectivity index (χ4v) is 1.06. The molecule has 0 heterocycles. The van der Waals surface area contributed by atoms with E-state index in [0.29, 0.717) is 0 Å². The smallest absolute Gasteiger partial charge is 0.389 e. The van der Waals surface area contributed by atoms with Crippen molar-refractivity contribution in [3.05, 3.63) is 0 Å². The van der Waals surface area contributed by atoms with Gasteiger partial charge in [0, 0.05) is 6.42 Å². The average Bonchev–Trinajstić information content (AvgIpc) is 2.11. The zero-order chi connectivity index (χ0) is 11.9. The third kappa shape index (κ3) is 8.23. The number of nitrogens with two attached hydrogens (primary N) is 1. The second kappa shape index (κ2) is 6.66. The maximum Gasteiger partial charge on any atom is 0.389 e. The molecule has 1 atom stereocenters. The second-order valence-corrected chi connectivity index (χ2v) is 3.22. The number of unbranched alkanes of at least 4 members (excludes halogenated alkanes) is 1. The van der Waals surface area contributed by atoms with Gasteiger partial charge in [-0.1, -0.05) is 6.42 Å². The Bertz CT molecular complexity index is 194. The number of carbonyl (C=O) groups is 1. The molecule has 3 nitrogen and oxygen atoms in total. The van der Waals surface area contributed by atoms with Crippen LogP contribution in [0.4, 0.5) is 13.2 Å². The van der Waals surface area contributed by atoms with Crippen molar-refractivity contribution in [1.82, 2.24) is 0 Å². The highest BCUT2D eigenvalue weighted by Gasteiger charge is 2.26. The van der Waals surface area contributed by atoms with Crippen LogP contribution in [-0.4, -0.2) is 24.8 Å². The molecule has 0 amide bonds. The van der Waals surface area contributed by atoms with E-state index in [1.807, 2.05) is 0 Å². The van der Waals surface area contributed by atoms with Gasteiger partial charge in [0.1, 0.15) is 6.04 Å². The minimum Gasteiger partial charge on any atom is -0.465 e. The van der Waals surface area contributed by atoms with Crippen LogP contribution < -0.4 is 5.73 Å². The highest BCUT2D eigenvalue weighted by atomic mass is 19.4. The predicted molar refractivity (Wildman–Crippen MR) is 49.1 cm³/mol. The molecule has 0 aliphatic carbocycles. The number of carbonyl (C=O) groups excluding carboxylic acids is 1. The molecule has 0 radical (unpaired) electrons. The van der Waals surface area contributed by atoms with Crippen molar-refractivity contribution in [1.29, 1.82) is 0 Å². The quantitative estimate of drug-likeness (QED) is 0.557. The van der Waals surface area contributed by atoms with Gasteiger partial charge in [0.05, 0.1) is 6.61 Å². The number of hydrogen-bond acceptors (Lipinski definition) is 3. The fraction of sp³-hybridized carbons (Fsp3) is 0.889. The molecule has 0 saturated heterocycles. The fourth-order valence-electron chi connectivity index (χ4n) is 1.06. The number of halogens is 3. The van der Waals surface area contributed by atoms with Crippen molar-refractivity contribution >= 4 is 5.97 Å². The summed E-state index contributed by atoms with van der Waals surface area (Å²) in [6.45, 7) is 1.88. The minimum atomic E-state index is -4.13. The van der Waals surface area contributed by atoms with Crippen LogP contribution in [0.25, 0.3) is 0 Å². The zero-order valence-electron chi connectivity index (χ0n) is 8.64. The summed E-state index contributed by atoms with van der Waals surface area (Å²) in [6, 6.07) is -0.807. The lowest BCUT2D eigenvalue weighted by atomic mass is 10.1. The lowest BCUT2D eigenvalue weighted by Gasteiger charge is -2.10. The molecule has 0 aromatic rings. The molecule has 0 bridgehead atoms. The maximum atomic E-state index is 11.7. The summed E-state index contributed by atoms with van der Waals surface area (Å²) in [5.41, 5.74) is 5.40. The first-order valence-electron chi connectivity index (χ1n) is 4.85. The van der Waals surface area contributed by atoms with Crippen molar-refractivity contribution in [2.75, 3.05) is 6.61 Å². The van der Waals surface area contributed by atoms with Gasteiger partial charge in [-0.2, -0.15) is 13.2 Å². The van der Waals surface area contributed by atoms with E-state index in [1.54, 1.807) is 6.92 Å². The lowest BCUT2D eigenvalue weighted by molar-refractivity contribution is -0.144. The summed E-state index contributed by atoms with van der Waals surface area (Å²) in [4.78, 5) is 11.0. The maximum absolute atomic E-state index is 11.7. The Morgan fingerprint density at radius 3 is 2.47 bits per heavy atom.